The molecule has 2 aromatic rings. The van der Waals surface area contributed by atoms with Gasteiger partial charge >= 0.3 is 0 Å². The quantitative estimate of drug-likeness (QED) is 0.836. The van der Waals surface area contributed by atoms with Gasteiger partial charge in [0.2, 0.25) is 0 Å². The van der Waals surface area contributed by atoms with Gasteiger partial charge in [-0.25, -0.2) is 0 Å². The number of nitrogens with one attached hydrogen (secondary N) is 2. The molecule has 2 aromatic heterocycles. The fourth-order valence-corrected chi connectivity index (χ4v) is 1.98. The van der Waals surface area contributed by atoms with Gasteiger partial charge in [-0.1, -0.05) is 6.07 Å². The van der Waals surface area contributed by atoms with Crippen LogP contribution in [0, 0.1) is 0 Å². The SMILES string of the molecule is O=C(NC(=S)NCc1ccco1)c1cccs1. The molecule has 0 saturated heterocycles. The number of thiocarbonyl (C=S) groups is 1. The summed E-state index contributed by atoms with van der Waals surface area (Å²) >= 11 is 6.37. The molecule has 0 fully saturated rings. The van der Waals surface area contributed by atoms with E-state index in [2.05, 4.69) is 10.6 Å². The third kappa shape index (κ3) is 3.40. The van der Waals surface area contributed by atoms with Gasteiger partial charge in [-0.05, 0) is 35.8 Å². The first kappa shape index (κ1) is 11.8. The molecule has 0 aliphatic heterocycles. The van der Waals surface area contributed by atoms with Crippen LogP contribution < -0.4 is 10.6 Å². The van der Waals surface area contributed by atoms with Gasteiger partial charge in [0.15, 0.2) is 5.11 Å². The zero-order valence-corrected chi connectivity index (χ0v) is 10.4. The minimum Gasteiger partial charge on any atom is -0.467 e. The van der Waals surface area contributed by atoms with Crippen LogP contribution in [-0.4, -0.2) is 11.0 Å². The van der Waals surface area contributed by atoms with Crippen LogP contribution in [-0.2, 0) is 6.54 Å². The van der Waals surface area contributed by atoms with Crippen molar-refractivity contribution in [1.29, 1.82) is 0 Å². The molecule has 0 spiro atoms. The van der Waals surface area contributed by atoms with E-state index in [1.807, 2.05) is 17.5 Å². The molecule has 17 heavy (non-hydrogen) atoms. The van der Waals surface area contributed by atoms with E-state index >= 15 is 0 Å². The van der Waals surface area contributed by atoms with Gasteiger partial charge in [0.25, 0.3) is 5.91 Å². The number of rotatable bonds is 3. The largest absolute Gasteiger partial charge is 0.467 e. The van der Waals surface area contributed by atoms with Crippen LogP contribution in [0.4, 0.5) is 0 Å². The van der Waals surface area contributed by atoms with Crippen LogP contribution in [0.3, 0.4) is 0 Å². The van der Waals surface area contributed by atoms with Gasteiger partial charge in [0.1, 0.15) is 5.76 Å². The lowest BCUT2D eigenvalue weighted by Gasteiger charge is -2.06. The molecule has 0 aliphatic rings. The molecule has 0 aliphatic carbocycles. The molecule has 0 saturated carbocycles. The van der Waals surface area contributed by atoms with Crippen LogP contribution >= 0.6 is 23.6 Å². The summed E-state index contributed by atoms with van der Waals surface area (Å²) in [5.41, 5.74) is 0. The number of hydrogen-bond acceptors (Lipinski definition) is 4. The first-order chi connectivity index (χ1) is 8.25. The van der Waals surface area contributed by atoms with Crippen molar-refractivity contribution >= 4 is 34.6 Å². The molecule has 2 rings (SSSR count). The molecule has 88 valence electrons. The Hall–Kier alpha value is -1.66. The van der Waals surface area contributed by atoms with Crippen molar-refractivity contribution in [3.63, 3.8) is 0 Å². The Morgan fingerprint density at radius 3 is 2.94 bits per heavy atom. The number of thiophene rings is 1. The van der Waals surface area contributed by atoms with Crippen LogP contribution in [0.25, 0.3) is 0 Å². The van der Waals surface area contributed by atoms with Crippen molar-refractivity contribution in [3.05, 3.63) is 46.5 Å². The van der Waals surface area contributed by atoms with Gasteiger partial charge in [0, 0.05) is 0 Å². The first-order valence-electron chi connectivity index (χ1n) is 4.91. The lowest BCUT2D eigenvalue weighted by atomic mass is 10.4. The monoisotopic (exact) mass is 266 g/mol. The molecule has 2 N–H and O–H groups in total. The van der Waals surface area contributed by atoms with E-state index in [0.717, 1.165) is 5.76 Å². The lowest BCUT2D eigenvalue weighted by molar-refractivity contribution is 0.0980. The van der Waals surface area contributed by atoms with Gasteiger partial charge < -0.3 is 9.73 Å². The summed E-state index contributed by atoms with van der Waals surface area (Å²) in [4.78, 5) is 12.3. The smallest absolute Gasteiger partial charge is 0.267 e. The summed E-state index contributed by atoms with van der Waals surface area (Å²) in [6, 6.07) is 7.19. The summed E-state index contributed by atoms with van der Waals surface area (Å²) in [5.74, 6) is 0.565. The average molecular weight is 266 g/mol. The molecular formula is C11H10N2O2S2. The highest BCUT2D eigenvalue weighted by Gasteiger charge is 2.08. The number of carbonyl (C=O) groups excluding carboxylic acids is 1. The standard InChI is InChI=1S/C11H10N2O2S2/c14-10(9-4-2-6-17-9)13-11(16)12-7-8-3-1-5-15-8/h1-6H,7H2,(H2,12,13,14,16). The average Bonchev–Trinajstić information content (AvgIpc) is 2.99. The van der Waals surface area contributed by atoms with Crippen molar-refractivity contribution in [1.82, 2.24) is 10.6 Å². The maximum atomic E-state index is 11.6. The highest BCUT2D eigenvalue weighted by molar-refractivity contribution is 7.80. The molecule has 1 amide bonds. The van der Waals surface area contributed by atoms with E-state index in [9.17, 15) is 4.79 Å². The third-order valence-electron chi connectivity index (χ3n) is 1.98. The number of hydrogen-bond donors (Lipinski definition) is 2. The Balaban J connectivity index is 1.80. The fourth-order valence-electron chi connectivity index (χ4n) is 1.20. The minimum atomic E-state index is -0.197. The second kappa shape index (κ2) is 5.60. The van der Waals surface area contributed by atoms with Gasteiger partial charge in [-0.3, -0.25) is 10.1 Å². The summed E-state index contributed by atoms with van der Waals surface area (Å²) in [5, 5.41) is 7.62. The van der Waals surface area contributed by atoms with E-state index in [-0.39, 0.29) is 5.91 Å². The number of amides is 1. The van der Waals surface area contributed by atoms with Crippen LogP contribution in [0.1, 0.15) is 15.4 Å². The number of furan rings is 1. The molecule has 4 nitrogen and oxygen atoms in total. The molecule has 0 unspecified atom stereocenters. The zero-order valence-electron chi connectivity index (χ0n) is 8.80. The van der Waals surface area contributed by atoms with Crippen molar-refractivity contribution in [3.8, 4) is 0 Å². The second-order valence-electron chi connectivity index (χ2n) is 3.19. The minimum absolute atomic E-state index is 0.197. The molecule has 0 atom stereocenters. The highest BCUT2D eigenvalue weighted by atomic mass is 32.1. The predicted molar refractivity (Wildman–Crippen MR) is 69.9 cm³/mol. The Labute approximate surface area is 108 Å². The Morgan fingerprint density at radius 1 is 1.41 bits per heavy atom. The molecule has 0 aromatic carbocycles. The Bertz CT molecular complexity index is 492. The van der Waals surface area contributed by atoms with Crippen LogP contribution in [0.15, 0.2) is 40.3 Å². The molecule has 2 heterocycles. The van der Waals surface area contributed by atoms with Crippen molar-refractivity contribution in [2.24, 2.45) is 0 Å². The van der Waals surface area contributed by atoms with E-state index in [0.29, 0.717) is 16.5 Å². The van der Waals surface area contributed by atoms with Crippen LogP contribution in [0.5, 0.6) is 0 Å². The van der Waals surface area contributed by atoms with Crippen molar-refractivity contribution in [2.75, 3.05) is 0 Å². The fraction of sp³-hybridized carbons (Fsp3) is 0.0909. The Kier molecular flexibility index (Phi) is 3.89. The van der Waals surface area contributed by atoms with Gasteiger partial charge in [-0.2, -0.15) is 0 Å². The first-order valence-corrected chi connectivity index (χ1v) is 6.19. The van der Waals surface area contributed by atoms with E-state index in [1.54, 1.807) is 18.4 Å². The summed E-state index contributed by atoms with van der Waals surface area (Å²) in [6.45, 7) is 0.455. The van der Waals surface area contributed by atoms with E-state index < -0.39 is 0 Å². The Morgan fingerprint density at radius 2 is 2.29 bits per heavy atom. The molecule has 0 radical (unpaired) electrons. The highest BCUT2D eigenvalue weighted by Crippen LogP contribution is 2.07. The van der Waals surface area contributed by atoms with Crippen LogP contribution in [0.2, 0.25) is 0 Å². The predicted octanol–water partition coefficient (Wildman–Crippen LogP) is 2.15. The molecular weight excluding hydrogens is 256 g/mol. The third-order valence-corrected chi connectivity index (χ3v) is 3.09. The summed E-state index contributed by atoms with van der Waals surface area (Å²) in [6.07, 6.45) is 1.59. The molecule has 6 heteroatoms. The topological polar surface area (TPSA) is 54.3 Å². The summed E-state index contributed by atoms with van der Waals surface area (Å²) < 4.78 is 5.13. The van der Waals surface area contributed by atoms with Crippen molar-refractivity contribution in [2.45, 2.75) is 6.54 Å². The second-order valence-corrected chi connectivity index (χ2v) is 4.55. The van der Waals surface area contributed by atoms with E-state index in [1.165, 1.54) is 11.3 Å². The maximum absolute atomic E-state index is 11.6. The maximum Gasteiger partial charge on any atom is 0.267 e. The van der Waals surface area contributed by atoms with Gasteiger partial charge in [-0.15, -0.1) is 11.3 Å². The molecule has 0 bridgehead atoms. The zero-order chi connectivity index (χ0) is 12.1. The number of carbonyl (C=O) groups is 1. The normalized spacial score (nSPS) is 9.88. The van der Waals surface area contributed by atoms with E-state index in [4.69, 9.17) is 16.6 Å². The van der Waals surface area contributed by atoms with Crippen molar-refractivity contribution < 1.29 is 9.21 Å². The lowest BCUT2D eigenvalue weighted by Crippen LogP contribution is -2.38. The van der Waals surface area contributed by atoms with Gasteiger partial charge in [0.05, 0.1) is 17.7 Å². The summed E-state index contributed by atoms with van der Waals surface area (Å²) in [7, 11) is 0.